The van der Waals surface area contributed by atoms with Crippen LogP contribution in [0.1, 0.15) is 5.56 Å². The average molecular weight is 609 g/mol. The van der Waals surface area contributed by atoms with Gasteiger partial charge in [-0.25, -0.2) is 0 Å². The number of thiophene rings is 1. The minimum absolute atomic E-state index is 0.842. The number of anilines is 4. The van der Waals surface area contributed by atoms with Gasteiger partial charge in [-0.1, -0.05) is 91.5 Å². The fraction of sp³-hybridized carbons (Fsp3) is 0. The van der Waals surface area contributed by atoms with E-state index in [0.717, 1.165) is 61.5 Å². The molecule has 8 aromatic rings. The number of hydrogen-bond acceptors (Lipinski definition) is 4. The summed E-state index contributed by atoms with van der Waals surface area (Å²) < 4.78 is 9.17. The average Bonchev–Trinajstić information content (AvgIpc) is 3.67. The summed E-state index contributed by atoms with van der Waals surface area (Å²) in [5.41, 5.74) is 8.85. The molecule has 6 aromatic carbocycles. The smallest absolute Gasteiger partial charge is 0.145 e. The van der Waals surface area contributed by atoms with Crippen LogP contribution in [-0.4, -0.2) is 0 Å². The lowest BCUT2D eigenvalue weighted by Crippen LogP contribution is -2.18. The lowest BCUT2D eigenvalue weighted by Gasteiger charge is -2.30. The first-order valence-corrected chi connectivity index (χ1v) is 16.2. The predicted molar refractivity (Wildman–Crippen MR) is 196 cm³/mol. The van der Waals surface area contributed by atoms with Gasteiger partial charge in [0.2, 0.25) is 0 Å². The van der Waals surface area contributed by atoms with Crippen LogP contribution in [-0.2, 0) is 0 Å². The second-order valence-electron chi connectivity index (χ2n) is 11.5. The van der Waals surface area contributed by atoms with Gasteiger partial charge >= 0.3 is 0 Å². The van der Waals surface area contributed by atoms with Crippen molar-refractivity contribution >= 4 is 81.8 Å². The van der Waals surface area contributed by atoms with Crippen LogP contribution in [0.5, 0.6) is 0 Å². The van der Waals surface area contributed by atoms with Crippen molar-refractivity contribution in [2.24, 2.45) is 0 Å². The Hall–Kier alpha value is -5.84. The molecular weight excluding hydrogens is 581 g/mol. The lowest BCUT2D eigenvalue weighted by atomic mass is 9.97. The molecule has 0 radical (unpaired) electrons. The van der Waals surface area contributed by atoms with E-state index in [4.69, 9.17) is 11.0 Å². The van der Waals surface area contributed by atoms with E-state index in [1.807, 2.05) is 23.5 Å². The first kappa shape index (κ1) is 26.6. The molecule has 4 heteroatoms. The Kier molecular flexibility index (Phi) is 6.15. The monoisotopic (exact) mass is 608 g/mol. The molecule has 2 aromatic heterocycles. The van der Waals surface area contributed by atoms with Crippen molar-refractivity contribution in [3.63, 3.8) is 0 Å². The Bertz CT molecular complexity index is 2460. The van der Waals surface area contributed by atoms with Crippen LogP contribution in [0, 0.1) is 0 Å². The Labute approximate surface area is 270 Å². The maximum absolute atomic E-state index is 6.65. The Balaban J connectivity index is 1.34. The van der Waals surface area contributed by atoms with Gasteiger partial charge in [0.15, 0.2) is 0 Å². The van der Waals surface area contributed by atoms with Crippen LogP contribution >= 0.6 is 11.3 Å². The maximum Gasteiger partial charge on any atom is 0.145 e. The summed E-state index contributed by atoms with van der Waals surface area (Å²) >= 11 is 1.83. The van der Waals surface area contributed by atoms with Crippen molar-refractivity contribution in [1.82, 2.24) is 0 Å². The summed E-state index contributed by atoms with van der Waals surface area (Å²) in [4.78, 5) is 4.59. The van der Waals surface area contributed by atoms with Gasteiger partial charge in [0.05, 0.1) is 16.1 Å². The molecule has 3 heterocycles. The third-order valence-corrected chi connectivity index (χ3v) is 9.96. The molecule has 0 aliphatic carbocycles. The topological polar surface area (TPSA) is 19.6 Å². The van der Waals surface area contributed by atoms with Crippen LogP contribution in [0.2, 0.25) is 0 Å². The van der Waals surface area contributed by atoms with Gasteiger partial charge < -0.3 is 14.2 Å². The quantitative estimate of drug-likeness (QED) is 0.198. The molecule has 9 rings (SSSR count). The van der Waals surface area contributed by atoms with Crippen LogP contribution in [0.3, 0.4) is 0 Å². The van der Waals surface area contributed by atoms with Gasteiger partial charge in [-0.05, 0) is 72.3 Å². The van der Waals surface area contributed by atoms with Gasteiger partial charge in [-0.15, -0.1) is 11.3 Å². The van der Waals surface area contributed by atoms with Gasteiger partial charge in [0, 0.05) is 55.1 Å². The molecule has 218 valence electrons. The summed E-state index contributed by atoms with van der Waals surface area (Å²) in [6.45, 7) is 4.70. The van der Waals surface area contributed by atoms with E-state index >= 15 is 0 Å². The molecule has 0 atom stereocenters. The molecule has 3 nitrogen and oxygen atoms in total. The zero-order valence-corrected chi connectivity index (χ0v) is 25.7. The number of fused-ring (bicyclic) bond motifs is 8. The SMILES string of the molecule is C=C1/C=C(N(c2ccccc2)c2ccccc2)\C=C/N(c2cccc3c2sc2ccccc23)c2ccc3c(oc4ccccc43)c21. The summed E-state index contributed by atoms with van der Waals surface area (Å²) in [5, 5.41) is 4.71. The zero-order chi connectivity index (χ0) is 30.6. The summed E-state index contributed by atoms with van der Waals surface area (Å²) in [7, 11) is 0. The molecule has 1 aliphatic rings. The molecule has 0 amide bonds. The third kappa shape index (κ3) is 4.19. The van der Waals surface area contributed by atoms with Crippen molar-refractivity contribution in [2.75, 3.05) is 9.80 Å². The molecule has 46 heavy (non-hydrogen) atoms. The van der Waals surface area contributed by atoms with Crippen LogP contribution in [0.4, 0.5) is 22.7 Å². The second kappa shape index (κ2) is 10.7. The number of hydrogen-bond donors (Lipinski definition) is 0. The molecule has 0 N–H and O–H groups in total. The summed E-state index contributed by atoms with van der Waals surface area (Å²) in [5.74, 6) is 0. The molecule has 0 saturated carbocycles. The van der Waals surface area contributed by atoms with Crippen LogP contribution in [0.15, 0.2) is 175 Å². The molecular formula is C42H28N2OS. The predicted octanol–water partition coefficient (Wildman–Crippen LogP) is 12.4. The van der Waals surface area contributed by atoms with Crippen molar-refractivity contribution in [3.05, 3.63) is 176 Å². The Morgan fingerprint density at radius 1 is 0.587 bits per heavy atom. The van der Waals surface area contributed by atoms with E-state index < -0.39 is 0 Å². The van der Waals surface area contributed by atoms with Crippen LogP contribution < -0.4 is 9.80 Å². The standard InChI is InChI=1S/C42H28N2OS/c1-28-27-31(44(29-13-4-2-5-14-29)30-15-6-3-7-16-30)25-26-43(37-20-12-19-35-33-18-9-11-22-39(33)46-42(35)37)36-24-23-34-32-17-8-10-21-38(32)45-41(34)40(28)36/h2-27H,1H2/b26-25-,31-27+. The normalized spacial score (nSPS) is 15.1. The zero-order valence-electron chi connectivity index (χ0n) is 24.9. The first-order valence-electron chi connectivity index (χ1n) is 15.4. The van der Waals surface area contributed by atoms with E-state index in [-0.39, 0.29) is 0 Å². The second-order valence-corrected chi connectivity index (χ2v) is 12.5. The highest BCUT2D eigenvalue weighted by Crippen LogP contribution is 2.47. The maximum atomic E-state index is 6.65. The summed E-state index contributed by atoms with van der Waals surface area (Å²) in [6, 6.07) is 48.9. The third-order valence-electron chi connectivity index (χ3n) is 8.75. The van der Waals surface area contributed by atoms with E-state index in [9.17, 15) is 0 Å². The number of rotatable bonds is 4. The van der Waals surface area contributed by atoms with Crippen molar-refractivity contribution in [2.45, 2.75) is 0 Å². The van der Waals surface area contributed by atoms with Gasteiger partial charge in [0.25, 0.3) is 0 Å². The Morgan fingerprint density at radius 2 is 1.26 bits per heavy atom. The largest absolute Gasteiger partial charge is 0.455 e. The van der Waals surface area contributed by atoms with Gasteiger partial charge in [0.1, 0.15) is 11.2 Å². The molecule has 0 unspecified atom stereocenters. The number of benzene rings is 6. The van der Waals surface area contributed by atoms with E-state index in [0.29, 0.717) is 0 Å². The highest BCUT2D eigenvalue weighted by molar-refractivity contribution is 7.26. The van der Waals surface area contributed by atoms with E-state index in [2.05, 4.69) is 156 Å². The molecule has 1 aliphatic heterocycles. The van der Waals surface area contributed by atoms with Crippen molar-refractivity contribution in [1.29, 1.82) is 0 Å². The molecule has 0 saturated heterocycles. The molecule has 0 fully saturated rings. The number of furan rings is 1. The Morgan fingerprint density at radius 3 is 2.04 bits per heavy atom. The number of para-hydroxylation sites is 3. The van der Waals surface area contributed by atoms with Crippen molar-refractivity contribution in [3.8, 4) is 0 Å². The van der Waals surface area contributed by atoms with Gasteiger partial charge in [-0.2, -0.15) is 0 Å². The van der Waals surface area contributed by atoms with E-state index in [1.54, 1.807) is 0 Å². The fourth-order valence-electron chi connectivity index (χ4n) is 6.69. The number of allylic oxidation sites excluding steroid dienone is 3. The molecule has 0 spiro atoms. The molecule has 0 bridgehead atoms. The van der Waals surface area contributed by atoms with Gasteiger partial charge in [-0.3, -0.25) is 0 Å². The van der Waals surface area contributed by atoms with E-state index in [1.165, 1.54) is 20.2 Å². The first-order chi connectivity index (χ1) is 22.7. The minimum Gasteiger partial charge on any atom is -0.455 e. The van der Waals surface area contributed by atoms with Crippen LogP contribution in [0.25, 0.3) is 47.7 Å². The lowest BCUT2D eigenvalue weighted by molar-refractivity contribution is 0.668. The minimum atomic E-state index is 0.842. The summed E-state index contributed by atoms with van der Waals surface area (Å²) in [6.07, 6.45) is 6.58. The highest BCUT2D eigenvalue weighted by atomic mass is 32.1. The highest BCUT2D eigenvalue weighted by Gasteiger charge is 2.25. The number of nitrogens with zero attached hydrogens (tertiary/aromatic N) is 2. The fourth-order valence-corrected chi connectivity index (χ4v) is 7.91. The van der Waals surface area contributed by atoms with Crippen molar-refractivity contribution < 1.29 is 4.42 Å².